The first-order valence-electron chi connectivity index (χ1n) is 8.44. The van der Waals surface area contributed by atoms with Crippen LogP contribution in [-0.4, -0.2) is 38.6 Å². The van der Waals surface area contributed by atoms with Crippen LogP contribution in [-0.2, 0) is 4.57 Å². The zero-order valence-electron chi connectivity index (χ0n) is 15.1. The zero-order chi connectivity index (χ0) is 17.2. The molecule has 0 spiro atoms. The fourth-order valence-electron chi connectivity index (χ4n) is 4.10. The molecule has 0 aromatic carbocycles. The van der Waals surface area contributed by atoms with E-state index in [1.807, 2.05) is 0 Å². The molecule has 5 nitrogen and oxygen atoms in total. The third kappa shape index (κ3) is 6.29. The van der Waals surface area contributed by atoms with E-state index in [9.17, 15) is 14.4 Å². The van der Waals surface area contributed by atoms with Crippen molar-refractivity contribution in [3.05, 3.63) is 0 Å². The molecule has 0 amide bonds. The van der Waals surface area contributed by atoms with Crippen molar-refractivity contribution in [1.29, 1.82) is 0 Å². The summed E-state index contributed by atoms with van der Waals surface area (Å²) in [7, 11) is -3.95. The molecular weight excluding hydrogens is 299 g/mol. The quantitative estimate of drug-likeness (QED) is 0.538. The van der Waals surface area contributed by atoms with Crippen LogP contribution in [0.4, 0.5) is 0 Å². The van der Waals surface area contributed by atoms with Crippen LogP contribution >= 0.6 is 7.60 Å². The minimum atomic E-state index is -3.95. The van der Waals surface area contributed by atoms with Gasteiger partial charge in [0.15, 0.2) is 0 Å². The van der Waals surface area contributed by atoms with Gasteiger partial charge in [0, 0.05) is 22.7 Å². The van der Waals surface area contributed by atoms with E-state index >= 15 is 0 Å². The molecule has 0 saturated carbocycles. The molecule has 1 aliphatic heterocycles. The second-order valence-corrected chi connectivity index (χ2v) is 10.0. The Morgan fingerprint density at radius 1 is 1.14 bits per heavy atom. The lowest BCUT2D eigenvalue weighted by molar-refractivity contribution is 0.117. The standard InChI is InChI=1S/C16H35N2O3P/c1-7-16(8-2,9-10-22(19,20)21)17-13-11-14(3,4)18-15(5,6)12-13/h13,17-18H,7-12H2,1-6H3,(H2,19,20,21). The van der Waals surface area contributed by atoms with Gasteiger partial charge in [0.2, 0.25) is 0 Å². The molecule has 0 atom stereocenters. The Labute approximate surface area is 135 Å². The summed E-state index contributed by atoms with van der Waals surface area (Å²) in [6, 6.07) is 0.364. The Kier molecular flexibility index (Phi) is 6.31. The van der Waals surface area contributed by atoms with Crippen LogP contribution in [0.3, 0.4) is 0 Å². The van der Waals surface area contributed by atoms with E-state index in [0.29, 0.717) is 12.5 Å². The summed E-state index contributed by atoms with van der Waals surface area (Å²) in [6.45, 7) is 13.1. The van der Waals surface area contributed by atoms with Crippen molar-refractivity contribution in [3.63, 3.8) is 0 Å². The van der Waals surface area contributed by atoms with Crippen LogP contribution in [0.25, 0.3) is 0 Å². The van der Waals surface area contributed by atoms with E-state index in [2.05, 4.69) is 52.2 Å². The summed E-state index contributed by atoms with van der Waals surface area (Å²) in [4.78, 5) is 18.4. The number of hydrogen-bond donors (Lipinski definition) is 4. The molecule has 1 aliphatic rings. The van der Waals surface area contributed by atoms with Crippen molar-refractivity contribution in [2.24, 2.45) is 0 Å². The monoisotopic (exact) mass is 334 g/mol. The summed E-state index contributed by atoms with van der Waals surface area (Å²) in [5.74, 6) is 0. The van der Waals surface area contributed by atoms with Gasteiger partial charge in [0.05, 0.1) is 6.16 Å². The third-order valence-electron chi connectivity index (χ3n) is 4.94. The van der Waals surface area contributed by atoms with Gasteiger partial charge in [0.1, 0.15) is 0 Å². The van der Waals surface area contributed by atoms with Gasteiger partial charge in [-0.15, -0.1) is 0 Å². The van der Waals surface area contributed by atoms with Crippen LogP contribution in [0.5, 0.6) is 0 Å². The number of rotatable bonds is 7. The van der Waals surface area contributed by atoms with Gasteiger partial charge >= 0.3 is 7.60 Å². The lowest BCUT2D eigenvalue weighted by atomic mass is 9.77. The average molecular weight is 334 g/mol. The maximum absolute atomic E-state index is 11.3. The van der Waals surface area contributed by atoms with Crippen molar-refractivity contribution in [1.82, 2.24) is 10.6 Å². The molecular formula is C16H35N2O3P. The van der Waals surface area contributed by atoms with E-state index in [4.69, 9.17) is 0 Å². The van der Waals surface area contributed by atoms with Gasteiger partial charge in [-0.2, -0.15) is 0 Å². The molecule has 0 unspecified atom stereocenters. The van der Waals surface area contributed by atoms with Gasteiger partial charge in [-0.25, -0.2) is 0 Å². The Morgan fingerprint density at radius 2 is 1.59 bits per heavy atom. The first kappa shape index (κ1) is 20.1. The molecule has 1 heterocycles. The van der Waals surface area contributed by atoms with E-state index in [0.717, 1.165) is 25.7 Å². The maximum Gasteiger partial charge on any atom is 0.325 e. The first-order valence-corrected chi connectivity index (χ1v) is 10.2. The molecule has 132 valence electrons. The first-order chi connectivity index (χ1) is 9.82. The summed E-state index contributed by atoms with van der Waals surface area (Å²) in [6.07, 6.45) is 4.29. The zero-order valence-corrected chi connectivity index (χ0v) is 16.0. The molecule has 4 N–H and O–H groups in total. The minimum absolute atomic E-state index is 0.0422. The van der Waals surface area contributed by atoms with E-state index in [1.165, 1.54) is 0 Å². The van der Waals surface area contributed by atoms with Crippen molar-refractivity contribution >= 4 is 7.60 Å². The predicted molar refractivity (Wildman–Crippen MR) is 92.3 cm³/mol. The van der Waals surface area contributed by atoms with Crippen molar-refractivity contribution in [3.8, 4) is 0 Å². The second kappa shape index (κ2) is 6.90. The highest BCUT2D eigenvalue weighted by atomic mass is 31.2. The Hall–Kier alpha value is 0.0700. The Bertz CT molecular complexity index is 398. The Balaban J connectivity index is 2.83. The van der Waals surface area contributed by atoms with E-state index < -0.39 is 7.60 Å². The second-order valence-electron chi connectivity index (χ2n) is 8.27. The van der Waals surface area contributed by atoms with Gasteiger partial charge in [-0.3, -0.25) is 4.57 Å². The highest BCUT2D eigenvalue weighted by molar-refractivity contribution is 7.51. The molecule has 0 aliphatic carbocycles. The number of hydrogen-bond acceptors (Lipinski definition) is 3. The summed E-state index contributed by atoms with van der Waals surface area (Å²) >= 11 is 0. The lowest BCUT2D eigenvalue weighted by Crippen LogP contribution is -2.64. The fraction of sp³-hybridized carbons (Fsp3) is 1.00. The topological polar surface area (TPSA) is 81.6 Å². The normalized spacial score (nSPS) is 22.7. The molecule has 0 aromatic rings. The number of nitrogens with one attached hydrogen (secondary N) is 2. The van der Waals surface area contributed by atoms with Crippen LogP contribution in [0.2, 0.25) is 0 Å². The van der Waals surface area contributed by atoms with Gasteiger partial charge in [-0.1, -0.05) is 13.8 Å². The van der Waals surface area contributed by atoms with Crippen LogP contribution in [0.15, 0.2) is 0 Å². The summed E-state index contributed by atoms with van der Waals surface area (Å²) in [5.41, 5.74) is -0.0545. The van der Waals surface area contributed by atoms with Gasteiger partial charge in [-0.05, 0) is 59.8 Å². The van der Waals surface area contributed by atoms with E-state index in [1.54, 1.807) is 0 Å². The summed E-state index contributed by atoms with van der Waals surface area (Å²) in [5, 5.41) is 7.44. The average Bonchev–Trinajstić information content (AvgIpc) is 2.29. The molecule has 6 heteroatoms. The van der Waals surface area contributed by atoms with Crippen LogP contribution in [0.1, 0.15) is 73.6 Å². The minimum Gasteiger partial charge on any atom is -0.324 e. The molecule has 0 bridgehead atoms. The predicted octanol–water partition coefficient (Wildman–Crippen LogP) is 3.01. The van der Waals surface area contributed by atoms with E-state index in [-0.39, 0.29) is 22.8 Å². The van der Waals surface area contributed by atoms with Crippen molar-refractivity contribution in [2.75, 3.05) is 6.16 Å². The van der Waals surface area contributed by atoms with Gasteiger partial charge < -0.3 is 20.4 Å². The number of piperidine rings is 1. The molecule has 1 fully saturated rings. The molecule has 22 heavy (non-hydrogen) atoms. The molecule has 0 aromatic heterocycles. The SMILES string of the molecule is CCC(CC)(CCP(=O)(O)O)NC1CC(C)(C)NC(C)(C)C1. The highest BCUT2D eigenvalue weighted by Crippen LogP contribution is 2.39. The van der Waals surface area contributed by atoms with Crippen molar-refractivity contribution < 1.29 is 14.4 Å². The molecule has 1 saturated heterocycles. The van der Waals surface area contributed by atoms with Crippen LogP contribution < -0.4 is 10.6 Å². The maximum atomic E-state index is 11.3. The lowest BCUT2D eigenvalue weighted by Gasteiger charge is -2.49. The van der Waals surface area contributed by atoms with Crippen LogP contribution in [0, 0.1) is 0 Å². The van der Waals surface area contributed by atoms with Crippen molar-refractivity contribution in [2.45, 2.75) is 96.3 Å². The smallest absolute Gasteiger partial charge is 0.324 e. The molecule has 0 radical (unpaired) electrons. The largest absolute Gasteiger partial charge is 0.325 e. The summed E-state index contributed by atoms with van der Waals surface area (Å²) < 4.78 is 11.3. The highest BCUT2D eigenvalue weighted by Gasteiger charge is 2.40. The molecule has 1 rings (SSSR count). The third-order valence-corrected chi connectivity index (χ3v) is 5.74. The Morgan fingerprint density at radius 3 is 1.95 bits per heavy atom. The van der Waals surface area contributed by atoms with Gasteiger partial charge in [0.25, 0.3) is 0 Å². The fourth-order valence-corrected chi connectivity index (χ4v) is 4.82.